The van der Waals surface area contributed by atoms with Gasteiger partial charge in [-0.3, -0.25) is 20.2 Å². The first-order valence-corrected chi connectivity index (χ1v) is 25.8. The molecule has 6 aromatic rings. The van der Waals surface area contributed by atoms with E-state index in [4.69, 9.17) is 5.73 Å². The Bertz CT molecular complexity index is 2780. The molecule has 0 aliphatic heterocycles. The van der Waals surface area contributed by atoms with Crippen LogP contribution in [0.3, 0.4) is 0 Å². The van der Waals surface area contributed by atoms with Gasteiger partial charge in [0.15, 0.2) is 0 Å². The molecule has 25 heteroatoms. The highest BCUT2D eigenvalue weighted by Crippen LogP contribution is 2.32. The van der Waals surface area contributed by atoms with Crippen molar-refractivity contribution in [2.75, 3.05) is 34.4 Å². The number of alkyl halides is 7. The van der Waals surface area contributed by atoms with Crippen LogP contribution in [-0.2, 0) is 25.0 Å². The lowest BCUT2D eigenvalue weighted by atomic mass is 9.86. The van der Waals surface area contributed by atoms with Crippen LogP contribution in [-0.4, -0.2) is 67.7 Å². The number of hydrogen-bond acceptors (Lipinski definition) is 16. The van der Waals surface area contributed by atoms with E-state index in [2.05, 4.69) is 96.2 Å². The van der Waals surface area contributed by atoms with E-state index in [9.17, 15) is 46.6 Å². The smallest absolute Gasteiger partial charge is 0.405 e. The van der Waals surface area contributed by atoms with Gasteiger partial charge in [-0.1, -0.05) is 128 Å². The van der Waals surface area contributed by atoms with Gasteiger partial charge in [0.25, 0.3) is 0 Å². The van der Waals surface area contributed by atoms with E-state index in [-0.39, 0.29) is 91.5 Å². The van der Waals surface area contributed by atoms with Crippen molar-refractivity contribution in [2.45, 2.75) is 116 Å². The third kappa shape index (κ3) is 22.5. The highest BCUT2D eigenvalue weighted by atomic mass is 79.9. The van der Waals surface area contributed by atoms with Crippen LogP contribution < -0.4 is 41.8 Å². The quantitative estimate of drug-likeness (QED) is 0.0180. The molecule has 0 saturated heterocycles. The zero-order valence-corrected chi connectivity index (χ0v) is 43.2. The number of nitrogens with one attached hydrogen (secondary N) is 5. The van der Waals surface area contributed by atoms with Gasteiger partial charge in [0.1, 0.15) is 23.9 Å². The number of aromatic nitrogens is 4. The fraction of sp³-hybridized carbons (Fsp3) is 0.407. The topological polar surface area (TPSA) is 242 Å². The number of rotatable bonds is 20. The molecular formula is C54H67BrF6N12O6. The summed E-state index contributed by atoms with van der Waals surface area (Å²) in [5.41, 5.74) is 8.39. The molecule has 0 amide bonds. The number of nitrogens with two attached hydrogens (primary N) is 1. The van der Waals surface area contributed by atoms with E-state index in [1.54, 1.807) is 12.1 Å². The molecule has 7 N–H and O–H groups in total. The van der Waals surface area contributed by atoms with E-state index in [0.717, 1.165) is 75.6 Å². The fourth-order valence-corrected chi connectivity index (χ4v) is 8.79. The van der Waals surface area contributed by atoms with E-state index in [1.807, 2.05) is 36.4 Å². The van der Waals surface area contributed by atoms with E-state index < -0.39 is 22.6 Å². The summed E-state index contributed by atoms with van der Waals surface area (Å²) in [7, 11) is 0. The van der Waals surface area contributed by atoms with Gasteiger partial charge in [-0.25, -0.2) is 9.97 Å². The molecule has 0 atom stereocenters. The molecular weight excluding hydrogens is 1110 g/mol. The Kier molecular flexibility index (Phi) is 25.9. The van der Waals surface area contributed by atoms with Gasteiger partial charge >= 0.3 is 24.1 Å². The van der Waals surface area contributed by atoms with Crippen molar-refractivity contribution in [2.24, 2.45) is 17.6 Å². The summed E-state index contributed by atoms with van der Waals surface area (Å²) in [5.74, 6) is 0.183. The molecule has 0 radical (unpaired) electrons. The van der Waals surface area contributed by atoms with Crippen LogP contribution >= 0.6 is 15.9 Å². The summed E-state index contributed by atoms with van der Waals surface area (Å²) in [5, 5.41) is 39.1. The van der Waals surface area contributed by atoms with Crippen molar-refractivity contribution >= 4 is 50.8 Å². The summed E-state index contributed by atoms with van der Waals surface area (Å²) in [6, 6.07) is 32.5. The number of ether oxygens (including phenoxy) is 2. The Labute approximate surface area is 463 Å². The van der Waals surface area contributed by atoms with Crippen molar-refractivity contribution in [3.8, 4) is 11.5 Å². The van der Waals surface area contributed by atoms with Crippen molar-refractivity contribution in [3.05, 3.63) is 164 Å². The van der Waals surface area contributed by atoms with Crippen LogP contribution in [0, 0.1) is 32.1 Å². The standard InChI is InChI=1S/C26H29F3N6O3.C19H23F3N6O3.C7H7Br.2CH4/c27-26(28,29)38-23-9-5-4-8-20(23)16-32-25-33-17-22(35(36)37)24(34-25)31-15-19-10-12-21(13-11-19)30-14-18-6-2-1-3-7-18;20-19(21,22)31-16-4-2-1-3-13(16)10-25-18-26-11-15(28(29)30)17(27-18)24-9-12-5-7-14(23)8-6-12;8-6-7-4-2-1-3-5-7;;/h1-9,17,19,21,30H,10-16H2,(H2,31,32,33,34);1-4,11-12,14H,5-10,23H2,(H2,24,25,26,27);1-5H,6H2;2*1H4. The Morgan fingerprint density at radius 2 is 0.949 bits per heavy atom. The predicted molar refractivity (Wildman–Crippen MR) is 297 cm³/mol. The summed E-state index contributed by atoms with van der Waals surface area (Å²) >= 11 is 3.36. The number of benzene rings is 4. The lowest BCUT2D eigenvalue weighted by Crippen LogP contribution is -2.34. The largest absolute Gasteiger partial charge is 0.573 e. The lowest BCUT2D eigenvalue weighted by Gasteiger charge is -2.29. The van der Waals surface area contributed by atoms with Gasteiger partial charge in [0, 0.05) is 61.3 Å². The van der Waals surface area contributed by atoms with Crippen LogP contribution in [0.25, 0.3) is 0 Å². The van der Waals surface area contributed by atoms with Crippen LogP contribution in [0.5, 0.6) is 11.5 Å². The summed E-state index contributed by atoms with van der Waals surface area (Å²) in [6.45, 7) is 1.72. The first-order chi connectivity index (χ1) is 36.9. The molecule has 2 aliphatic rings. The van der Waals surface area contributed by atoms with Crippen LogP contribution in [0.1, 0.15) is 88.5 Å². The van der Waals surface area contributed by atoms with Crippen molar-refractivity contribution in [1.29, 1.82) is 0 Å². The predicted octanol–water partition coefficient (Wildman–Crippen LogP) is 13.3. The minimum Gasteiger partial charge on any atom is -0.405 e. The number of nitro groups is 2. The molecule has 0 unspecified atom stereocenters. The van der Waals surface area contributed by atoms with E-state index >= 15 is 0 Å². The minimum atomic E-state index is -4.83. The first kappa shape index (κ1) is 64.1. The number of halogens is 7. The monoisotopic (exact) mass is 1170 g/mol. The molecule has 18 nitrogen and oxygen atoms in total. The molecule has 2 fully saturated rings. The van der Waals surface area contributed by atoms with E-state index in [1.165, 1.54) is 47.5 Å². The zero-order valence-electron chi connectivity index (χ0n) is 41.6. The van der Waals surface area contributed by atoms with Gasteiger partial charge < -0.3 is 41.8 Å². The van der Waals surface area contributed by atoms with Gasteiger partial charge in [-0.2, -0.15) is 9.97 Å². The number of nitrogens with zero attached hydrogens (tertiary/aromatic N) is 6. The first-order valence-electron chi connectivity index (χ1n) is 24.7. The van der Waals surface area contributed by atoms with Crippen molar-refractivity contribution in [1.82, 2.24) is 25.3 Å². The third-order valence-corrected chi connectivity index (χ3v) is 13.1. The molecule has 2 saturated carbocycles. The summed E-state index contributed by atoms with van der Waals surface area (Å²) in [6.07, 6.45) is 0.130. The number of anilines is 4. The number of para-hydroxylation sites is 2. The molecule has 2 aromatic heterocycles. The van der Waals surface area contributed by atoms with Gasteiger partial charge in [-0.05, 0) is 86.5 Å². The average Bonchev–Trinajstić information content (AvgIpc) is 3.43. The summed E-state index contributed by atoms with van der Waals surface area (Å²) in [4.78, 5) is 37.9. The Morgan fingerprint density at radius 3 is 1.34 bits per heavy atom. The van der Waals surface area contributed by atoms with Crippen LogP contribution in [0.4, 0.5) is 61.2 Å². The van der Waals surface area contributed by atoms with Gasteiger partial charge in [0.2, 0.25) is 23.5 Å². The molecule has 0 bridgehead atoms. The average molecular weight is 1170 g/mol. The molecule has 4 aromatic carbocycles. The second-order valence-corrected chi connectivity index (χ2v) is 18.7. The molecule has 2 aliphatic carbocycles. The normalized spacial score (nSPS) is 16.8. The van der Waals surface area contributed by atoms with Crippen LogP contribution in [0.15, 0.2) is 122 Å². The Morgan fingerprint density at radius 1 is 0.557 bits per heavy atom. The highest BCUT2D eigenvalue weighted by molar-refractivity contribution is 9.08. The number of hydrogen-bond donors (Lipinski definition) is 6. The highest BCUT2D eigenvalue weighted by Gasteiger charge is 2.33. The van der Waals surface area contributed by atoms with Crippen molar-refractivity contribution in [3.63, 3.8) is 0 Å². The lowest BCUT2D eigenvalue weighted by molar-refractivity contribution is -0.384. The Balaban J connectivity index is 0.000000295. The van der Waals surface area contributed by atoms with Gasteiger partial charge in [-0.15, -0.1) is 26.3 Å². The third-order valence-electron chi connectivity index (χ3n) is 12.5. The maximum Gasteiger partial charge on any atom is 0.573 e. The second-order valence-electron chi connectivity index (χ2n) is 18.1. The summed E-state index contributed by atoms with van der Waals surface area (Å²) < 4.78 is 83.8. The van der Waals surface area contributed by atoms with Crippen LogP contribution in [0.2, 0.25) is 0 Å². The molecule has 79 heavy (non-hydrogen) atoms. The van der Waals surface area contributed by atoms with Crippen molar-refractivity contribution < 1.29 is 45.7 Å². The maximum atomic E-state index is 12.7. The van der Waals surface area contributed by atoms with E-state index in [0.29, 0.717) is 31.0 Å². The Hall–Kier alpha value is -7.38. The molecule has 2 heterocycles. The van der Waals surface area contributed by atoms with Gasteiger partial charge in [0.05, 0.1) is 9.85 Å². The minimum absolute atomic E-state index is 0. The second kappa shape index (κ2) is 31.9. The molecule has 428 valence electrons. The zero-order chi connectivity index (χ0) is 55.2. The molecule has 8 rings (SSSR count). The maximum absolute atomic E-state index is 12.7. The fourth-order valence-electron chi connectivity index (χ4n) is 8.42. The molecule has 0 spiro atoms. The SMILES string of the molecule is BrCc1ccccc1.C.C.NC1CCC(CNc2nc(NCc3ccccc3OC(F)(F)F)ncc2[N+](=O)[O-])CC1.O=[N+]([O-])c1cnc(NCc2ccccc2OC(F)(F)F)nc1NCC1CCC(NCc2ccccc2)CC1.